The second-order valence-corrected chi connectivity index (χ2v) is 7.46. The molecule has 0 aliphatic rings. The molecule has 10 heteroatoms. The van der Waals surface area contributed by atoms with Crippen molar-refractivity contribution in [2.75, 3.05) is 17.7 Å². The molecule has 0 fully saturated rings. The van der Waals surface area contributed by atoms with Crippen molar-refractivity contribution in [1.29, 1.82) is 0 Å². The van der Waals surface area contributed by atoms with E-state index in [9.17, 15) is 18.0 Å². The summed E-state index contributed by atoms with van der Waals surface area (Å²) in [6, 6.07) is 8.21. The predicted molar refractivity (Wildman–Crippen MR) is 105 cm³/mol. The smallest absolute Gasteiger partial charge is 0.398 e. The molecule has 154 valence electrons. The highest BCUT2D eigenvalue weighted by Gasteiger charge is 2.27. The number of nitrogens with zero attached hydrogens (tertiary/aromatic N) is 3. The Kier molecular flexibility index (Phi) is 6.02. The Bertz CT molecular complexity index is 1050. The minimum absolute atomic E-state index is 0.280. The summed E-state index contributed by atoms with van der Waals surface area (Å²) in [5, 5.41) is 7.58. The molecule has 0 spiro atoms. The van der Waals surface area contributed by atoms with Gasteiger partial charge < -0.3 is 10.1 Å². The van der Waals surface area contributed by atoms with Gasteiger partial charge in [0.25, 0.3) is 5.91 Å². The number of hydrogen-bond donors (Lipinski definition) is 1. The summed E-state index contributed by atoms with van der Waals surface area (Å²) in [7, 11) is 1.73. The molecule has 3 rings (SSSR count). The fourth-order valence-corrected chi connectivity index (χ4v) is 3.59. The number of fused-ring (bicyclic) bond motifs is 1. The fraction of sp³-hybridized carbons (Fsp3) is 0.316. The number of thioether (sulfide) groups is 1. The Morgan fingerprint density at radius 3 is 2.72 bits per heavy atom. The van der Waals surface area contributed by atoms with Gasteiger partial charge in [0.1, 0.15) is 0 Å². The number of aryl methyl sites for hydroxylation is 3. The molecule has 0 atom stereocenters. The maximum absolute atomic E-state index is 12.5. The number of benzene rings is 1. The summed E-state index contributed by atoms with van der Waals surface area (Å²) in [5.41, 5.74) is 2.71. The van der Waals surface area contributed by atoms with Crippen molar-refractivity contribution >= 4 is 34.4 Å². The van der Waals surface area contributed by atoms with Gasteiger partial charge in [-0.05, 0) is 37.6 Å². The summed E-state index contributed by atoms with van der Waals surface area (Å²) in [4.78, 5) is 17.1. The van der Waals surface area contributed by atoms with Crippen molar-refractivity contribution in [3.8, 4) is 5.88 Å². The highest BCUT2D eigenvalue weighted by atomic mass is 32.2. The van der Waals surface area contributed by atoms with E-state index in [0.717, 1.165) is 11.3 Å². The minimum Gasteiger partial charge on any atom is -0.466 e. The van der Waals surface area contributed by atoms with Gasteiger partial charge in [-0.25, -0.2) is 9.67 Å². The van der Waals surface area contributed by atoms with Crippen LogP contribution < -0.4 is 10.1 Å². The van der Waals surface area contributed by atoms with Crippen molar-refractivity contribution in [1.82, 2.24) is 14.8 Å². The number of anilines is 1. The second kappa shape index (κ2) is 8.32. The summed E-state index contributed by atoms with van der Waals surface area (Å²) in [6.07, 6.45) is -4.30. The number of carbonyl (C=O) groups is 1. The van der Waals surface area contributed by atoms with E-state index in [1.54, 1.807) is 29.9 Å². The van der Waals surface area contributed by atoms with E-state index in [2.05, 4.69) is 15.4 Å². The number of ether oxygens (including phenoxy) is 1. The average molecular weight is 424 g/mol. The zero-order chi connectivity index (χ0) is 21.2. The molecular formula is C19H19F3N4O2S. The number of pyridine rings is 1. The maximum Gasteiger partial charge on any atom is 0.398 e. The molecule has 0 bridgehead atoms. The monoisotopic (exact) mass is 424 g/mol. The lowest BCUT2D eigenvalue weighted by Crippen LogP contribution is -2.21. The molecule has 1 aromatic carbocycles. The molecule has 29 heavy (non-hydrogen) atoms. The number of amides is 1. The first kappa shape index (κ1) is 21.0. The Labute approximate surface area is 169 Å². The van der Waals surface area contributed by atoms with Crippen LogP contribution >= 0.6 is 11.8 Å². The lowest BCUT2D eigenvalue weighted by molar-refractivity contribution is -0.118. The van der Waals surface area contributed by atoms with E-state index in [4.69, 9.17) is 4.74 Å². The molecule has 0 aliphatic carbocycles. The molecular weight excluding hydrogens is 405 g/mol. The van der Waals surface area contributed by atoms with Gasteiger partial charge >= 0.3 is 6.18 Å². The van der Waals surface area contributed by atoms with Gasteiger partial charge in [-0.15, -0.1) is 16.9 Å². The first-order valence-electron chi connectivity index (χ1n) is 8.66. The molecule has 0 radical (unpaired) electrons. The van der Waals surface area contributed by atoms with E-state index in [1.165, 1.54) is 6.07 Å². The quantitative estimate of drug-likeness (QED) is 0.599. The normalized spacial score (nSPS) is 11.7. The van der Waals surface area contributed by atoms with E-state index < -0.39 is 17.8 Å². The Balaban J connectivity index is 1.69. The van der Waals surface area contributed by atoms with Crippen LogP contribution in [0.5, 0.6) is 5.88 Å². The third-order valence-electron chi connectivity index (χ3n) is 3.98. The third kappa shape index (κ3) is 5.20. The van der Waals surface area contributed by atoms with Gasteiger partial charge in [-0.2, -0.15) is 13.2 Å². The zero-order valence-corrected chi connectivity index (χ0v) is 16.8. The van der Waals surface area contributed by atoms with E-state index in [1.807, 2.05) is 19.9 Å². The number of nitrogens with one attached hydrogen (secondary N) is 1. The van der Waals surface area contributed by atoms with Crippen LogP contribution in [-0.2, 0) is 11.8 Å². The minimum atomic E-state index is -4.30. The molecule has 1 amide bonds. The van der Waals surface area contributed by atoms with Crippen LogP contribution in [-0.4, -0.2) is 39.2 Å². The molecule has 0 aliphatic heterocycles. The topological polar surface area (TPSA) is 69.0 Å². The summed E-state index contributed by atoms with van der Waals surface area (Å²) >= 11 is 0.614. The molecule has 6 nitrogen and oxygen atoms in total. The maximum atomic E-state index is 12.5. The lowest BCUT2D eigenvalue weighted by atomic mass is 10.2. The van der Waals surface area contributed by atoms with Crippen molar-refractivity contribution in [3.63, 3.8) is 0 Å². The van der Waals surface area contributed by atoms with E-state index >= 15 is 0 Å². The number of carbonyl (C=O) groups excluding carboxylic acids is 1. The van der Waals surface area contributed by atoms with E-state index in [-0.39, 0.29) is 12.5 Å². The van der Waals surface area contributed by atoms with Gasteiger partial charge in [-0.3, -0.25) is 4.79 Å². The van der Waals surface area contributed by atoms with Crippen LogP contribution in [0.25, 0.3) is 11.0 Å². The van der Waals surface area contributed by atoms with Gasteiger partial charge in [0.05, 0.1) is 16.8 Å². The zero-order valence-electron chi connectivity index (χ0n) is 16.0. The van der Waals surface area contributed by atoms with Crippen molar-refractivity contribution in [3.05, 3.63) is 41.6 Å². The first-order valence-corrected chi connectivity index (χ1v) is 9.65. The van der Waals surface area contributed by atoms with Gasteiger partial charge in [0.15, 0.2) is 12.3 Å². The van der Waals surface area contributed by atoms with E-state index in [0.29, 0.717) is 33.4 Å². The summed E-state index contributed by atoms with van der Waals surface area (Å²) in [6.45, 7) is 3.44. The third-order valence-corrected chi connectivity index (χ3v) is 5.12. The van der Waals surface area contributed by atoms with Crippen molar-refractivity contribution < 1.29 is 22.7 Å². The Hall–Kier alpha value is -2.75. The number of halogens is 3. The summed E-state index contributed by atoms with van der Waals surface area (Å²) in [5.74, 6) is -1.26. The van der Waals surface area contributed by atoms with Gasteiger partial charge in [0, 0.05) is 17.6 Å². The number of alkyl halides is 3. The van der Waals surface area contributed by atoms with Crippen molar-refractivity contribution in [2.45, 2.75) is 24.9 Å². The number of hydrogen-bond acceptors (Lipinski definition) is 5. The summed E-state index contributed by atoms with van der Waals surface area (Å²) < 4.78 is 44.6. The van der Waals surface area contributed by atoms with Crippen LogP contribution in [0.15, 0.2) is 35.2 Å². The van der Waals surface area contributed by atoms with Crippen LogP contribution in [0.2, 0.25) is 0 Å². The molecule has 0 unspecified atom stereocenters. The Morgan fingerprint density at radius 2 is 2.00 bits per heavy atom. The lowest BCUT2D eigenvalue weighted by Gasteiger charge is -2.12. The number of para-hydroxylation sites is 1. The van der Waals surface area contributed by atoms with Crippen LogP contribution in [0.4, 0.5) is 18.9 Å². The molecule has 2 heterocycles. The molecule has 3 aromatic rings. The number of rotatable bonds is 6. The second-order valence-electron chi connectivity index (χ2n) is 6.44. The van der Waals surface area contributed by atoms with Crippen LogP contribution in [0.1, 0.15) is 11.3 Å². The molecule has 1 N–H and O–H groups in total. The first-order chi connectivity index (χ1) is 13.6. The fourth-order valence-electron chi connectivity index (χ4n) is 2.83. The van der Waals surface area contributed by atoms with Crippen LogP contribution in [0.3, 0.4) is 0 Å². The van der Waals surface area contributed by atoms with Crippen LogP contribution in [0, 0.1) is 13.8 Å². The molecule has 0 saturated carbocycles. The molecule has 2 aromatic heterocycles. The SMILES string of the molecule is Cc1cc(C)c2c(OCC(=O)Nc3ccccc3SCC(F)(F)F)nn(C)c2n1. The van der Waals surface area contributed by atoms with Gasteiger partial charge in [-0.1, -0.05) is 12.1 Å². The average Bonchev–Trinajstić information content (AvgIpc) is 2.94. The number of aromatic nitrogens is 3. The van der Waals surface area contributed by atoms with Gasteiger partial charge in [0.2, 0.25) is 5.88 Å². The molecule has 0 saturated heterocycles. The largest absolute Gasteiger partial charge is 0.466 e. The Morgan fingerprint density at radius 1 is 1.28 bits per heavy atom. The predicted octanol–water partition coefficient (Wildman–Crippen LogP) is 4.26. The standard InChI is InChI=1S/C19H19F3N4O2S/c1-11-8-12(2)23-17-16(11)18(25-26(17)3)28-9-15(27)24-13-6-4-5-7-14(13)29-10-19(20,21)22/h4-8H,9-10H2,1-3H3,(H,24,27). The highest BCUT2D eigenvalue weighted by molar-refractivity contribution is 7.99. The van der Waals surface area contributed by atoms with Crippen molar-refractivity contribution in [2.24, 2.45) is 7.05 Å². The highest BCUT2D eigenvalue weighted by Crippen LogP contribution is 2.32.